The molecular formula is C17H27NO3. The highest BCUT2D eigenvalue weighted by Crippen LogP contribution is 2.16. The summed E-state index contributed by atoms with van der Waals surface area (Å²) in [7, 11) is 0. The summed E-state index contributed by atoms with van der Waals surface area (Å²) < 4.78 is 5.62. The van der Waals surface area contributed by atoms with Gasteiger partial charge in [0.1, 0.15) is 5.75 Å². The number of carbonyl (C=O) groups excluding carboxylic acids is 1. The number of amides is 1. The van der Waals surface area contributed by atoms with Gasteiger partial charge in [-0.05, 0) is 37.0 Å². The summed E-state index contributed by atoms with van der Waals surface area (Å²) in [4.78, 5) is 12.1. The molecule has 0 atom stereocenters. The van der Waals surface area contributed by atoms with E-state index in [-0.39, 0.29) is 12.5 Å². The van der Waals surface area contributed by atoms with Crippen molar-refractivity contribution in [2.24, 2.45) is 5.92 Å². The molecule has 1 amide bonds. The van der Waals surface area contributed by atoms with Gasteiger partial charge in [0.2, 0.25) is 0 Å². The molecule has 0 unspecified atom stereocenters. The first-order valence-corrected chi connectivity index (χ1v) is 7.63. The van der Waals surface area contributed by atoms with Gasteiger partial charge in [0.25, 0.3) is 5.91 Å². The molecule has 0 aromatic heterocycles. The monoisotopic (exact) mass is 293 g/mol. The van der Waals surface area contributed by atoms with Crippen LogP contribution in [0.2, 0.25) is 0 Å². The Morgan fingerprint density at radius 1 is 1.33 bits per heavy atom. The lowest BCUT2D eigenvalue weighted by atomic mass is 9.97. The fourth-order valence-electron chi connectivity index (χ4n) is 1.84. The van der Waals surface area contributed by atoms with E-state index in [0.29, 0.717) is 36.7 Å². The maximum atomic E-state index is 12.1. The van der Waals surface area contributed by atoms with E-state index in [1.807, 2.05) is 19.9 Å². The summed E-state index contributed by atoms with van der Waals surface area (Å²) in [5.41, 5.74) is -0.285. The van der Waals surface area contributed by atoms with Gasteiger partial charge >= 0.3 is 0 Å². The van der Waals surface area contributed by atoms with Crippen molar-refractivity contribution in [2.45, 2.75) is 46.1 Å². The molecule has 4 heteroatoms. The molecule has 0 aliphatic carbocycles. The Balaban J connectivity index is 2.64. The SMILES string of the molecule is CCC(O)(CC)CNC(=O)c1cccc(OCC(C)C)c1. The largest absolute Gasteiger partial charge is 0.493 e. The second-order valence-corrected chi connectivity index (χ2v) is 5.85. The second-order valence-electron chi connectivity index (χ2n) is 5.85. The number of carbonyl (C=O) groups is 1. The minimum atomic E-state index is -0.832. The van der Waals surface area contributed by atoms with Crippen LogP contribution in [0.1, 0.15) is 50.9 Å². The number of benzene rings is 1. The summed E-state index contributed by atoms with van der Waals surface area (Å²) in [6, 6.07) is 7.12. The van der Waals surface area contributed by atoms with E-state index in [4.69, 9.17) is 4.74 Å². The van der Waals surface area contributed by atoms with Crippen molar-refractivity contribution in [1.82, 2.24) is 5.32 Å². The van der Waals surface area contributed by atoms with Gasteiger partial charge in [-0.3, -0.25) is 4.79 Å². The van der Waals surface area contributed by atoms with Crippen molar-refractivity contribution in [3.8, 4) is 5.75 Å². The fourth-order valence-corrected chi connectivity index (χ4v) is 1.84. The van der Waals surface area contributed by atoms with Crippen molar-refractivity contribution in [3.05, 3.63) is 29.8 Å². The Bertz CT molecular complexity index is 453. The molecule has 1 aromatic rings. The third kappa shape index (κ3) is 5.76. The molecule has 0 bridgehead atoms. The van der Waals surface area contributed by atoms with E-state index in [9.17, 15) is 9.90 Å². The van der Waals surface area contributed by atoms with Gasteiger partial charge in [-0.15, -0.1) is 0 Å². The van der Waals surface area contributed by atoms with Crippen LogP contribution in [0.4, 0.5) is 0 Å². The first-order valence-electron chi connectivity index (χ1n) is 7.63. The summed E-state index contributed by atoms with van der Waals surface area (Å²) in [5, 5.41) is 13.0. The summed E-state index contributed by atoms with van der Waals surface area (Å²) in [6.45, 7) is 8.86. The first kappa shape index (κ1) is 17.5. The molecule has 118 valence electrons. The van der Waals surface area contributed by atoms with Crippen molar-refractivity contribution in [1.29, 1.82) is 0 Å². The van der Waals surface area contributed by atoms with Crippen LogP contribution in [0.5, 0.6) is 5.75 Å². The van der Waals surface area contributed by atoms with E-state index in [2.05, 4.69) is 19.2 Å². The quantitative estimate of drug-likeness (QED) is 0.774. The Labute approximate surface area is 127 Å². The molecule has 1 aromatic carbocycles. The topological polar surface area (TPSA) is 58.6 Å². The zero-order valence-electron chi connectivity index (χ0n) is 13.5. The minimum absolute atomic E-state index is 0.190. The van der Waals surface area contributed by atoms with Gasteiger partial charge in [0.15, 0.2) is 0 Å². The highest BCUT2D eigenvalue weighted by atomic mass is 16.5. The maximum Gasteiger partial charge on any atom is 0.251 e. The third-order valence-corrected chi connectivity index (χ3v) is 3.57. The van der Waals surface area contributed by atoms with E-state index < -0.39 is 5.60 Å². The lowest BCUT2D eigenvalue weighted by molar-refractivity contribution is 0.0314. The van der Waals surface area contributed by atoms with Crippen molar-refractivity contribution >= 4 is 5.91 Å². The highest BCUT2D eigenvalue weighted by Gasteiger charge is 2.23. The van der Waals surface area contributed by atoms with Crippen LogP contribution < -0.4 is 10.1 Å². The normalized spacial score (nSPS) is 11.5. The molecule has 2 N–H and O–H groups in total. The first-order chi connectivity index (χ1) is 9.90. The zero-order valence-corrected chi connectivity index (χ0v) is 13.5. The predicted molar refractivity (Wildman–Crippen MR) is 84.6 cm³/mol. The zero-order chi connectivity index (χ0) is 15.9. The van der Waals surface area contributed by atoms with Crippen LogP contribution in [0.3, 0.4) is 0 Å². The van der Waals surface area contributed by atoms with Crippen LogP contribution in [-0.2, 0) is 0 Å². The van der Waals surface area contributed by atoms with Gasteiger partial charge < -0.3 is 15.2 Å². The van der Waals surface area contributed by atoms with Crippen molar-refractivity contribution in [2.75, 3.05) is 13.2 Å². The number of hydrogen-bond acceptors (Lipinski definition) is 3. The van der Waals surface area contributed by atoms with Crippen LogP contribution in [0.25, 0.3) is 0 Å². The number of rotatable bonds is 8. The number of aliphatic hydroxyl groups is 1. The second kappa shape index (κ2) is 8.03. The standard InChI is InChI=1S/C17H27NO3/c1-5-17(20,6-2)12-18-16(19)14-8-7-9-15(10-14)21-11-13(3)4/h7-10,13,20H,5-6,11-12H2,1-4H3,(H,18,19). The van der Waals surface area contributed by atoms with Crippen molar-refractivity contribution < 1.29 is 14.6 Å². The van der Waals surface area contributed by atoms with E-state index in [0.717, 1.165) is 0 Å². The molecular weight excluding hydrogens is 266 g/mol. The summed E-state index contributed by atoms with van der Waals surface area (Å²) >= 11 is 0. The van der Waals surface area contributed by atoms with Crippen molar-refractivity contribution in [3.63, 3.8) is 0 Å². The van der Waals surface area contributed by atoms with E-state index >= 15 is 0 Å². The molecule has 0 aliphatic rings. The van der Waals surface area contributed by atoms with Gasteiger partial charge in [-0.1, -0.05) is 33.8 Å². The van der Waals surface area contributed by atoms with Gasteiger partial charge in [0, 0.05) is 12.1 Å². The minimum Gasteiger partial charge on any atom is -0.493 e. The Hall–Kier alpha value is -1.55. The average molecular weight is 293 g/mol. The number of nitrogens with one attached hydrogen (secondary N) is 1. The molecule has 0 fully saturated rings. The molecule has 0 radical (unpaired) electrons. The average Bonchev–Trinajstić information content (AvgIpc) is 2.50. The summed E-state index contributed by atoms with van der Waals surface area (Å²) in [5.74, 6) is 0.939. The third-order valence-electron chi connectivity index (χ3n) is 3.57. The Morgan fingerprint density at radius 3 is 2.57 bits per heavy atom. The molecule has 4 nitrogen and oxygen atoms in total. The predicted octanol–water partition coefficient (Wildman–Crippen LogP) is 3.00. The van der Waals surface area contributed by atoms with Gasteiger partial charge in [-0.25, -0.2) is 0 Å². The smallest absolute Gasteiger partial charge is 0.251 e. The highest BCUT2D eigenvalue weighted by molar-refractivity contribution is 5.94. The molecule has 0 saturated carbocycles. The number of ether oxygens (including phenoxy) is 1. The molecule has 0 spiro atoms. The van der Waals surface area contributed by atoms with Gasteiger partial charge in [-0.2, -0.15) is 0 Å². The number of hydrogen-bond donors (Lipinski definition) is 2. The Morgan fingerprint density at radius 2 is 2.00 bits per heavy atom. The molecule has 0 heterocycles. The van der Waals surface area contributed by atoms with Gasteiger partial charge in [0.05, 0.1) is 12.2 Å². The van der Waals surface area contributed by atoms with E-state index in [1.165, 1.54) is 0 Å². The van der Waals surface area contributed by atoms with Crippen LogP contribution in [0, 0.1) is 5.92 Å². The molecule has 21 heavy (non-hydrogen) atoms. The lowest BCUT2D eigenvalue weighted by Crippen LogP contribution is -2.42. The fraction of sp³-hybridized carbons (Fsp3) is 0.588. The lowest BCUT2D eigenvalue weighted by Gasteiger charge is -2.25. The Kier molecular flexibility index (Phi) is 6.69. The summed E-state index contributed by atoms with van der Waals surface area (Å²) in [6.07, 6.45) is 1.22. The maximum absolute atomic E-state index is 12.1. The van der Waals surface area contributed by atoms with E-state index in [1.54, 1.807) is 18.2 Å². The van der Waals surface area contributed by atoms with Crippen LogP contribution >= 0.6 is 0 Å². The van der Waals surface area contributed by atoms with Crippen LogP contribution in [0.15, 0.2) is 24.3 Å². The molecule has 0 saturated heterocycles. The molecule has 1 rings (SSSR count). The molecule has 0 aliphatic heterocycles. The van der Waals surface area contributed by atoms with Crippen LogP contribution in [-0.4, -0.2) is 29.8 Å².